The SMILES string of the molecule is CCC(=O)NC(c1ccccc1)[N+](=O)[O-]. The second-order valence-electron chi connectivity index (χ2n) is 3.02. The van der Waals surface area contributed by atoms with Crippen molar-refractivity contribution in [3.8, 4) is 0 Å². The third-order valence-corrected chi connectivity index (χ3v) is 1.94. The molecule has 1 aromatic carbocycles. The second-order valence-corrected chi connectivity index (χ2v) is 3.02. The number of hydrogen-bond acceptors (Lipinski definition) is 3. The van der Waals surface area contributed by atoms with Crippen molar-refractivity contribution in [1.29, 1.82) is 0 Å². The van der Waals surface area contributed by atoms with E-state index in [4.69, 9.17) is 0 Å². The summed E-state index contributed by atoms with van der Waals surface area (Å²) in [6, 6.07) is 8.39. The Morgan fingerprint density at radius 1 is 1.47 bits per heavy atom. The van der Waals surface area contributed by atoms with Crippen LogP contribution in [0.15, 0.2) is 30.3 Å². The summed E-state index contributed by atoms with van der Waals surface area (Å²) in [7, 11) is 0. The summed E-state index contributed by atoms with van der Waals surface area (Å²) in [6.45, 7) is 1.65. The lowest BCUT2D eigenvalue weighted by molar-refractivity contribution is -0.533. The van der Waals surface area contributed by atoms with Gasteiger partial charge in [-0.2, -0.15) is 0 Å². The Bertz CT molecular complexity index is 351. The normalized spacial score (nSPS) is 11.8. The van der Waals surface area contributed by atoms with Crippen LogP contribution in [0, 0.1) is 10.1 Å². The molecule has 0 aliphatic rings. The first-order chi connectivity index (χ1) is 7.15. The predicted molar refractivity (Wildman–Crippen MR) is 54.6 cm³/mol. The molecule has 1 unspecified atom stereocenters. The first kappa shape index (κ1) is 11.2. The molecule has 0 spiro atoms. The second kappa shape index (κ2) is 5.09. The molecule has 1 amide bonds. The molecule has 80 valence electrons. The highest BCUT2D eigenvalue weighted by Crippen LogP contribution is 2.12. The Hall–Kier alpha value is -1.91. The lowest BCUT2D eigenvalue weighted by Crippen LogP contribution is -2.32. The number of carbonyl (C=O) groups is 1. The van der Waals surface area contributed by atoms with E-state index in [1.165, 1.54) is 0 Å². The Morgan fingerprint density at radius 2 is 2.07 bits per heavy atom. The number of benzene rings is 1. The summed E-state index contributed by atoms with van der Waals surface area (Å²) in [6.07, 6.45) is -0.921. The van der Waals surface area contributed by atoms with Crippen LogP contribution in [-0.2, 0) is 4.79 Å². The Kier molecular flexibility index (Phi) is 3.79. The zero-order valence-electron chi connectivity index (χ0n) is 8.34. The number of amides is 1. The van der Waals surface area contributed by atoms with Gasteiger partial charge in [-0.1, -0.05) is 37.3 Å². The van der Waals surface area contributed by atoms with Crippen LogP contribution in [0.5, 0.6) is 0 Å². The van der Waals surface area contributed by atoms with Crippen molar-refractivity contribution in [1.82, 2.24) is 5.32 Å². The van der Waals surface area contributed by atoms with Gasteiger partial charge in [0.15, 0.2) is 0 Å². The fraction of sp³-hybridized carbons (Fsp3) is 0.300. The summed E-state index contributed by atoms with van der Waals surface area (Å²) in [5.74, 6) is -0.333. The van der Waals surface area contributed by atoms with Crippen LogP contribution in [-0.4, -0.2) is 10.8 Å². The van der Waals surface area contributed by atoms with Crippen LogP contribution in [0.2, 0.25) is 0 Å². The van der Waals surface area contributed by atoms with Gasteiger partial charge in [-0.25, -0.2) is 0 Å². The monoisotopic (exact) mass is 208 g/mol. The third-order valence-electron chi connectivity index (χ3n) is 1.94. The summed E-state index contributed by atoms with van der Waals surface area (Å²) in [5, 5.41) is 13.1. The highest BCUT2D eigenvalue weighted by Gasteiger charge is 2.23. The van der Waals surface area contributed by atoms with E-state index in [-0.39, 0.29) is 12.3 Å². The van der Waals surface area contributed by atoms with Crippen LogP contribution in [0.3, 0.4) is 0 Å². The molecule has 0 bridgehead atoms. The molecule has 5 heteroatoms. The Morgan fingerprint density at radius 3 is 2.53 bits per heavy atom. The molecule has 1 aromatic rings. The smallest absolute Gasteiger partial charge is 0.290 e. The van der Waals surface area contributed by atoms with Crippen molar-refractivity contribution in [2.45, 2.75) is 19.5 Å². The molecule has 0 saturated heterocycles. The van der Waals surface area contributed by atoms with E-state index < -0.39 is 11.1 Å². The number of carbonyl (C=O) groups excluding carboxylic acids is 1. The van der Waals surface area contributed by atoms with Crippen molar-refractivity contribution in [2.24, 2.45) is 0 Å². The zero-order chi connectivity index (χ0) is 11.3. The molecule has 0 aliphatic carbocycles. The maximum absolute atomic E-state index is 11.1. The maximum Gasteiger partial charge on any atom is 0.312 e. The first-order valence-corrected chi connectivity index (χ1v) is 4.63. The minimum atomic E-state index is -1.15. The topological polar surface area (TPSA) is 72.2 Å². The minimum Gasteiger partial charge on any atom is -0.290 e. The number of hydrogen-bond donors (Lipinski definition) is 1. The van der Waals surface area contributed by atoms with Crippen LogP contribution in [0.25, 0.3) is 0 Å². The molecular weight excluding hydrogens is 196 g/mol. The van der Waals surface area contributed by atoms with Crippen LogP contribution >= 0.6 is 0 Å². The maximum atomic E-state index is 11.1. The molecule has 1 N–H and O–H groups in total. The number of nitrogens with one attached hydrogen (secondary N) is 1. The summed E-state index contributed by atoms with van der Waals surface area (Å²) in [4.78, 5) is 21.3. The lowest BCUT2D eigenvalue weighted by atomic mass is 10.2. The quantitative estimate of drug-likeness (QED) is 0.463. The highest BCUT2D eigenvalue weighted by molar-refractivity contribution is 5.75. The highest BCUT2D eigenvalue weighted by atomic mass is 16.6. The molecule has 0 saturated carbocycles. The van der Waals surface area contributed by atoms with E-state index >= 15 is 0 Å². The standard InChI is InChI=1S/C10H12N2O3/c1-2-9(13)11-10(12(14)15)8-6-4-3-5-7-8/h3-7,10H,2H2,1H3,(H,11,13). The van der Waals surface area contributed by atoms with Crippen LogP contribution < -0.4 is 5.32 Å². The van der Waals surface area contributed by atoms with Gasteiger partial charge in [0, 0.05) is 12.0 Å². The summed E-state index contributed by atoms with van der Waals surface area (Å²) in [5.41, 5.74) is 0.476. The summed E-state index contributed by atoms with van der Waals surface area (Å²) < 4.78 is 0. The van der Waals surface area contributed by atoms with E-state index in [9.17, 15) is 14.9 Å². The molecule has 15 heavy (non-hydrogen) atoms. The molecule has 5 nitrogen and oxygen atoms in total. The van der Waals surface area contributed by atoms with E-state index in [0.717, 1.165) is 0 Å². The largest absolute Gasteiger partial charge is 0.312 e. The van der Waals surface area contributed by atoms with Crippen molar-refractivity contribution < 1.29 is 9.72 Å². The van der Waals surface area contributed by atoms with E-state index in [1.807, 2.05) is 0 Å². The molecule has 0 radical (unpaired) electrons. The van der Waals surface area contributed by atoms with Crippen molar-refractivity contribution >= 4 is 5.91 Å². The fourth-order valence-electron chi connectivity index (χ4n) is 1.15. The number of nitrogens with zero attached hydrogens (tertiary/aromatic N) is 1. The molecule has 0 fully saturated rings. The van der Waals surface area contributed by atoms with Gasteiger partial charge in [0.1, 0.15) is 0 Å². The molecule has 1 rings (SSSR count). The number of nitro groups is 1. The molecule has 1 atom stereocenters. The zero-order valence-corrected chi connectivity index (χ0v) is 8.34. The predicted octanol–water partition coefficient (Wildman–Crippen LogP) is 1.49. The van der Waals surface area contributed by atoms with Gasteiger partial charge in [-0.05, 0) is 0 Å². The van der Waals surface area contributed by atoms with Gasteiger partial charge in [0.05, 0.1) is 4.92 Å². The lowest BCUT2D eigenvalue weighted by Gasteiger charge is -2.10. The fourth-order valence-corrected chi connectivity index (χ4v) is 1.15. The average molecular weight is 208 g/mol. The van der Waals surface area contributed by atoms with Crippen molar-refractivity contribution in [2.75, 3.05) is 0 Å². The van der Waals surface area contributed by atoms with Gasteiger partial charge in [-0.15, -0.1) is 0 Å². The minimum absolute atomic E-state index is 0.233. The van der Waals surface area contributed by atoms with Crippen molar-refractivity contribution in [3.05, 3.63) is 46.0 Å². The van der Waals surface area contributed by atoms with E-state index in [1.54, 1.807) is 37.3 Å². The molecular formula is C10H12N2O3. The van der Waals surface area contributed by atoms with E-state index in [0.29, 0.717) is 5.56 Å². The molecule has 0 aliphatic heterocycles. The third kappa shape index (κ3) is 3.05. The average Bonchev–Trinajstić information content (AvgIpc) is 2.26. The number of rotatable bonds is 4. The van der Waals surface area contributed by atoms with Gasteiger partial charge in [-0.3, -0.25) is 20.2 Å². The Balaban J connectivity index is 2.84. The van der Waals surface area contributed by atoms with Crippen molar-refractivity contribution in [3.63, 3.8) is 0 Å². The first-order valence-electron chi connectivity index (χ1n) is 4.63. The molecule has 0 heterocycles. The Labute approximate surface area is 87.3 Å². The molecule has 0 aromatic heterocycles. The van der Waals surface area contributed by atoms with Gasteiger partial charge in [0.2, 0.25) is 5.91 Å². The van der Waals surface area contributed by atoms with Crippen LogP contribution in [0.1, 0.15) is 25.1 Å². The van der Waals surface area contributed by atoms with Gasteiger partial charge >= 0.3 is 6.17 Å². The van der Waals surface area contributed by atoms with E-state index in [2.05, 4.69) is 5.32 Å². The van der Waals surface area contributed by atoms with Gasteiger partial charge in [0.25, 0.3) is 0 Å². The summed E-state index contributed by atoms with van der Waals surface area (Å²) >= 11 is 0. The van der Waals surface area contributed by atoms with Crippen LogP contribution in [0.4, 0.5) is 0 Å². The van der Waals surface area contributed by atoms with Gasteiger partial charge < -0.3 is 0 Å².